The topological polar surface area (TPSA) is 24.7 Å². The highest BCUT2D eigenvalue weighted by atomic mass is 14.8. The Hall–Kier alpha value is -1.70. The zero-order valence-electron chi connectivity index (χ0n) is 8.77. The van der Waals surface area contributed by atoms with Crippen molar-refractivity contribution in [3.05, 3.63) is 49.9 Å². The first-order chi connectivity index (χ1) is 6.79. The van der Waals surface area contributed by atoms with E-state index in [9.17, 15) is 0 Å². The Kier molecular flexibility index (Phi) is 6.96. The van der Waals surface area contributed by atoms with E-state index in [0.29, 0.717) is 0 Å². The summed E-state index contributed by atoms with van der Waals surface area (Å²) in [4.78, 5) is 8.23. The van der Waals surface area contributed by atoms with Gasteiger partial charge in [-0.05, 0) is 26.0 Å². The van der Waals surface area contributed by atoms with E-state index in [1.165, 1.54) is 12.4 Å². The Morgan fingerprint density at radius 2 is 1.21 bits per heavy atom. The predicted molar refractivity (Wildman–Crippen MR) is 64.9 cm³/mol. The maximum atomic E-state index is 4.12. The van der Waals surface area contributed by atoms with Gasteiger partial charge in [0, 0.05) is 12.4 Å². The highest BCUT2D eigenvalue weighted by molar-refractivity contribution is 6.50. The van der Waals surface area contributed by atoms with Crippen LogP contribution in [0.15, 0.2) is 59.8 Å². The van der Waals surface area contributed by atoms with Crippen LogP contribution in [0.25, 0.3) is 0 Å². The smallest absolute Gasteiger partial charge is 0.0882 e. The molecule has 0 amide bonds. The molecule has 0 atom stereocenters. The van der Waals surface area contributed by atoms with Crippen LogP contribution in [0.3, 0.4) is 0 Å². The van der Waals surface area contributed by atoms with Gasteiger partial charge in [0.25, 0.3) is 0 Å². The summed E-state index contributed by atoms with van der Waals surface area (Å²) < 4.78 is 0. The summed E-state index contributed by atoms with van der Waals surface area (Å²) in [6.45, 7) is 11.0. The van der Waals surface area contributed by atoms with Crippen molar-refractivity contribution in [2.24, 2.45) is 9.98 Å². The van der Waals surface area contributed by atoms with Crippen molar-refractivity contribution < 1.29 is 0 Å². The van der Waals surface area contributed by atoms with Crippen molar-refractivity contribution in [2.75, 3.05) is 0 Å². The summed E-state index contributed by atoms with van der Waals surface area (Å²) in [5.41, 5.74) is 1.56. The van der Waals surface area contributed by atoms with Crippen LogP contribution in [-0.4, -0.2) is 11.4 Å². The molecule has 0 aromatic rings. The van der Waals surface area contributed by atoms with E-state index in [0.717, 1.165) is 11.4 Å². The second-order valence-corrected chi connectivity index (χ2v) is 2.39. The number of aliphatic imine (C=N–C) groups is 2. The van der Waals surface area contributed by atoms with Gasteiger partial charge in [-0.1, -0.05) is 25.3 Å². The minimum absolute atomic E-state index is 0.778. The molecule has 14 heavy (non-hydrogen) atoms. The standard InChI is InChI=1S/C12H16N2/c1-5-9-11(13-7-3)12(10-6-2)14-8-4/h5-10H,3-4H2,1-2H3/b9-5-,10-6-,13-11?,14-12?. The highest BCUT2D eigenvalue weighted by Crippen LogP contribution is 1.93. The zero-order valence-corrected chi connectivity index (χ0v) is 8.77. The van der Waals surface area contributed by atoms with E-state index in [4.69, 9.17) is 0 Å². The highest BCUT2D eigenvalue weighted by Gasteiger charge is 1.99. The molecule has 0 aromatic carbocycles. The normalized spacial score (nSPS) is 13.9. The van der Waals surface area contributed by atoms with Gasteiger partial charge in [0.1, 0.15) is 0 Å². The molecule has 0 aliphatic carbocycles. The lowest BCUT2D eigenvalue weighted by atomic mass is 10.2. The van der Waals surface area contributed by atoms with Crippen LogP contribution in [0, 0.1) is 0 Å². The minimum atomic E-state index is 0.778. The predicted octanol–water partition coefficient (Wildman–Crippen LogP) is 3.31. The molecule has 0 radical (unpaired) electrons. The average molecular weight is 188 g/mol. The summed E-state index contributed by atoms with van der Waals surface area (Å²) in [7, 11) is 0. The molecule has 0 fully saturated rings. The van der Waals surface area contributed by atoms with E-state index < -0.39 is 0 Å². The average Bonchev–Trinajstić information content (AvgIpc) is 2.17. The first kappa shape index (κ1) is 12.3. The first-order valence-corrected chi connectivity index (χ1v) is 4.43. The van der Waals surface area contributed by atoms with E-state index >= 15 is 0 Å². The second-order valence-electron chi connectivity index (χ2n) is 2.39. The Morgan fingerprint density at radius 1 is 0.857 bits per heavy atom. The molecular formula is C12H16N2. The lowest BCUT2D eigenvalue weighted by Gasteiger charge is -1.98. The Balaban J connectivity index is 5.12. The third-order valence-corrected chi connectivity index (χ3v) is 1.37. The molecule has 2 heteroatoms. The third-order valence-electron chi connectivity index (χ3n) is 1.37. The molecule has 0 bridgehead atoms. The molecular weight excluding hydrogens is 172 g/mol. The zero-order chi connectivity index (χ0) is 10.8. The van der Waals surface area contributed by atoms with Crippen LogP contribution >= 0.6 is 0 Å². The molecule has 0 N–H and O–H groups in total. The molecule has 0 saturated heterocycles. The summed E-state index contributed by atoms with van der Waals surface area (Å²) in [6.07, 6.45) is 10.6. The number of hydrogen-bond donors (Lipinski definition) is 0. The minimum Gasteiger partial charge on any atom is -0.255 e. The van der Waals surface area contributed by atoms with Crippen molar-refractivity contribution in [3.8, 4) is 0 Å². The van der Waals surface area contributed by atoms with Gasteiger partial charge in [0.2, 0.25) is 0 Å². The molecule has 0 aliphatic rings. The number of nitrogens with zero attached hydrogens (tertiary/aromatic N) is 2. The molecule has 0 rings (SSSR count). The number of rotatable bonds is 5. The van der Waals surface area contributed by atoms with Gasteiger partial charge in [-0.2, -0.15) is 0 Å². The van der Waals surface area contributed by atoms with Gasteiger partial charge < -0.3 is 0 Å². The van der Waals surface area contributed by atoms with Crippen LogP contribution in [0.1, 0.15) is 13.8 Å². The fourth-order valence-corrected chi connectivity index (χ4v) is 0.902. The summed E-state index contributed by atoms with van der Waals surface area (Å²) in [5, 5.41) is 0. The van der Waals surface area contributed by atoms with E-state index in [-0.39, 0.29) is 0 Å². The molecule has 0 spiro atoms. The van der Waals surface area contributed by atoms with Crippen LogP contribution < -0.4 is 0 Å². The van der Waals surface area contributed by atoms with Gasteiger partial charge in [0.05, 0.1) is 11.4 Å². The van der Waals surface area contributed by atoms with Crippen molar-refractivity contribution >= 4 is 11.4 Å². The molecule has 0 aliphatic heterocycles. The first-order valence-electron chi connectivity index (χ1n) is 4.43. The molecule has 0 aromatic heterocycles. The van der Waals surface area contributed by atoms with Crippen molar-refractivity contribution in [1.29, 1.82) is 0 Å². The van der Waals surface area contributed by atoms with Crippen molar-refractivity contribution in [2.45, 2.75) is 13.8 Å². The lowest BCUT2D eigenvalue weighted by molar-refractivity contribution is 1.55. The summed E-state index contributed by atoms with van der Waals surface area (Å²) in [6, 6.07) is 0. The summed E-state index contributed by atoms with van der Waals surface area (Å²) in [5.74, 6) is 0. The van der Waals surface area contributed by atoms with Crippen molar-refractivity contribution in [1.82, 2.24) is 0 Å². The lowest BCUT2D eigenvalue weighted by Crippen LogP contribution is -2.07. The van der Waals surface area contributed by atoms with Gasteiger partial charge in [-0.15, -0.1) is 0 Å². The van der Waals surface area contributed by atoms with Gasteiger partial charge in [0.15, 0.2) is 0 Å². The molecule has 2 nitrogen and oxygen atoms in total. The van der Waals surface area contributed by atoms with E-state index in [2.05, 4.69) is 23.1 Å². The quantitative estimate of drug-likeness (QED) is 0.591. The SMILES string of the molecule is C=CN=C(/C=C\C)C(/C=C\C)=NC=C. The van der Waals surface area contributed by atoms with Gasteiger partial charge in [-0.3, -0.25) is 9.98 Å². The molecule has 74 valence electrons. The number of hydrogen-bond acceptors (Lipinski definition) is 2. The fourth-order valence-electron chi connectivity index (χ4n) is 0.902. The van der Waals surface area contributed by atoms with Crippen LogP contribution in [-0.2, 0) is 0 Å². The molecule has 0 unspecified atom stereocenters. The summed E-state index contributed by atoms with van der Waals surface area (Å²) >= 11 is 0. The van der Waals surface area contributed by atoms with Gasteiger partial charge >= 0.3 is 0 Å². The van der Waals surface area contributed by atoms with Crippen LogP contribution in [0.5, 0.6) is 0 Å². The molecule has 0 saturated carbocycles. The van der Waals surface area contributed by atoms with Crippen molar-refractivity contribution in [3.63, 3.8) is 0 Å². The monoisotopic (exact) mass is 188 g/mol. The van der Waals surface area contributed by atoms with Crippen LogP contribution in [0.2, 0.25) is 0 Å². The number of allylic oxidation sites excluding steroid dienone is 4. The van der Waals surface area contributed by atoms with Gasteiger partial charge in [-0.25, -0.2) is 0 Å². The Labute approximate surface area is 85.8 Å². The maximum absolute atomic E-state index is 4.12. The Morgan fingerprint density at radius 3 is 1.43 bits per heavy atom. The molecule has 0 heterocycles. The largest absolute Gasteiger partial charge is 0.255 e. The van der Waals surface area contributed by atoms with Crippen LogP contribution in [0.4, 0.5) is 0 Å². The third kappa shape index (κ3) is 4.36. The second kappa shape index (κ2) is 7.92. The maximum Gasteiger partial charge on any atom is 0.0882 e. The fraction of sp³-hybridized carbons (Fsp3) is 0.167. The Bertz CT molecular complexity index is 272. The van der Waals surface area contributed by atoms with E-state index in [1.54, 1.807) is 0 Å². The van der Waals surface area contributed by atoms with E-state index in [1.807, 2.05) is 38.2 Å².